The highest BCUT2D eigenvalue weighted by Crippen LogP contribution is 2.50. The molecule has 2 aliphatic heterocycles. The number of carbonyl (C=O) groups is 3. The molecule has 2 aliphatic rings. The number of ether oxygens (including phenoxy) is 2. The Morgan fingerprint density at radius 1 is 1.16 bits per heavy atom. The molecule has 4 rings (SSSR count). The van der Waals surface area contributed by atoms with Crippen molar-refractivity contribution in [2.75, 3.05) is 19.5 Å². The number of thioether (sulfide) groups is 1. The standard InChI is InChI=1S/C25H20F2N4O5S/c1-35-13-8-6-12(7-9-13)30-23(33)21-19(20-15(26)4-3-5-16(20)27)14(11-28)22(29)31-24(34)17(37-25(21)31)10-18(32)36-2/h3-9,17,19H,10,29H2,1-2H3,(H,30,33)/t17-,19+/m0/s1. The largest absolute Gasteiger partial charge is 0.497 e. The van der Waals surface area contributed by atoms with Crippen molar-refractivity contribution in [2.45, 2.75) is 17.6 Å². The molecule has 1 fully saturated rings. The molecule has 0 aromatic heterocycles. The summed E-state index contributed by atoms with van der Waals surface area (Å²) in [5.74, 6) is -5.60. The molecule has 12 heteroatoms. The molecule has 37 heavy (non-hydrogen) atoms. The van der Waals surface area contributed by atoms with Crippen molar-refractivity contribution in [3.05, 3.63) is 81.7 Å². The first kappa shape index (κ1) is 25.7. The number of nitrogens with two attached hydrogens (primary N) is 1. The van der Waals surface area contributed by atoms with Crippen molar-refractivity contribution in [1.29, 1.82) is 5.26 Å². The molecule has 3 N–H and O–H groups in total. The van der Waals surface area contributed by atoms with Crippen LogP contribution in [0.3, 0.4) is 0 Å². The average Bonchev–Trinajstić information content (AvgIpc) is 3.20. The van der Waals surface area contributed by atoms with Gasteiger partial charge in [-0.05, 0) is 36.4 Å². The molecule has 0 radical (unpaired) electrons. The normalized spacial score (nSPS) is 18.9. The summed E-state index contributed by atoms with van der Waals surface area (Å²) in [5.41, 5.74) is 5.27. The zero-order chi connectivity index (χ0) is 26.9. The first-order valence-electron chi connectivity index (χ1n) is 10.8. The van der Waals surface area contributed by atoms with Gasteiger partial charge in [-0.1, -0.05) is 17.8 Å². The maximum absolute atomic E-state index is 15.0. The lowest BCUT2D eigenvalue weighted by Crippen LogP contribution is -2.39. The number of nitrogens with zero attached hydrogens (tertiary/aromatic N) is 2. The van der Waals surface area contributed by atoms with Crippen LogP contribution in [0.1, 0.15) is 17.9 Å². The van der Waals surface area contributed by atoms with Crippen LogP contribution < -0.4 is 15.8 Å². The Balaban J connectivity index is 1.90. The molecule has 0 spiro atoms. The molecule has 0 bridgehead atoms. The number of fused-ring (bicyclic) bond motifs is 1. The van der Waals surface area contributed by atoms with Gasteiger partial charge in [0.15, 0.2) is 0 Å². The number of nitrogens with one attached hydrogen (secondary N) is 1. The van der Waals surface area contributed by atoms with Crippen LogP contribution in [0.5, 0.6) is 5.75 Å². The van der Waals surface area contributed by atoms with E-state index in [1.54, 1.807) is 24.3 Å². The first-order valence-corrected chi connectivity index (χ1v) is 11.7. The van der Waals surface area contributed by atoms with Gasteiger partial charge >= 0.3 is 5.97 Å². The highest BCUT2D eigenvalue weighted by Gasteiger charge is 2.49. The minimum absolute atomic E-state index is 0.0333. The van der Waals surface area contributed by atoms with E-state index in [1.807, 2.05) is 6.07 Å². The monoisotopic (exact) mass is 526 g/mol. The van der Waals surface area contributed by atoms with Gasteiger partial charge in [-0.3, -0.25) is 19.3 Å². The van der Waals surface area contributed by atoms with E-state index >= 15 is 8.78 Å². The molecule has 190 valence electrons. The van der Waals surface area contributed by atoms with E-state index < -0.39 is 46.1 Å². The minimum Gasteiger partial charge on any atom is -0.497 e. The summed E-state index contributed by atoms with van der Waals surface area (Å²) in [6.07, 6.45) is -0.346. The van der Waals surface area contributed by atoms with Gasteiger partial charge in [0, 0.05) is 11.3 Å². The molecule has 9 nitrogen and oxygen atoms in total. The molecule has 0 unspecified atom stereocenters. The lowest BCUT2D eigenvalue weighted by atomic mass is 9.82. The van der Waals surface area contributed by atoms with E-state index in [2.05, 4.69) is 10.1 Å². The summed E-state index contributed by atoms with van der Waals surface area (Å²) in [7, 11) is 2.63. The number of allylic oxidation sites excluding steroid dienone is 1. The zero-order valence-corrected chi connectivity index (χ0v) is 20.4. The number of methoxy groups -OCH3 is 2. The summed E-state index contributed by atoms with van der Waals surface area (Å²) in [4.78, 5) is 39.7. The van der Waals surface area contributed by atoms with Crippen LogP contribution in [0, 0.1) is 23.0 Å². The Hall–Kier alpha value is -4.37. The number of halogens is 2. The Morgan fingerprint density at radius 3 is 2.38 bits per heavy atom. The highest BCUT2D eigenvalue weighted by molar-refractivity contribution is 8.04. The van der Waals surface area contributed by atoms with Gasteiger partial charge in [0.1, 0.15) is 28.5 Å². The zero-order valence-electron chi connectivity index (χ0n) is 19.6. The Labute approximate surface area is 214 Å². The summed E-state index contributed by atoms with van der Waals surface area (Å²) >= 11 is 0.832. The van der Waals surface area contributed by atoms with Crippen LogP contribution in [0.15, 0.2) is 64.5 Å². The third kappa shape index (κ3) is 4.61. The summed E-state index contributed by atoms with van der Waals surface area (Å²) in [5, 5.41) is 11.5. The van der Waals surface area contributed by atoms with Crippen molar-refractivity contribution in [1.82, 2.24) is 4.90 Å². The average molecular weight is 527 g/mol. The quantitative estimate of drug-likeness (QED) is 0.549. The Kier molecular flexibility index (Phi) is 7.17. The van der Waals surface area contributed by atoms with Gasteiger partial charge in [-0.15, -0.1) is 0 Å². The van der Waals surface area contributed by atoms with Crippen LogP contribution in [0.2, 0.25) is 0 Å². The Morgan fingerprint density at radius 2 is 1.81 bits per heavy atom. The minimum atomic E-state index is -1.56. The number of hydrogen-bond donors (Lipinski definition) is 2. The highest BCUT2D eigenvalue weighted by atomic mass is 32.2. The van der Waals surface area contributed by atoms with E-state index in [1.165, 1.54) is 7.11 Å². The maximum Gasteiger partial charge on any atom is 0.307 e. The molecule has 2 aromatic rings. The van der Waals surface area contributed by atoms with Gasteiger partial charge < -0.3 is 20.5 Å². The number of esters is 1. The third-order valence-corrected chi connectivity index (χ3v) is 7.14. The van der Waals surface area contributed by atoms with Crippen LogP contribution in [-0.4, -0.2) is 42.2 Å². The number of amides is 2. The van der Waals surface area contributed by atoms with Gasteiger partial charge in [0.2, 0.25) is 5.91 Å². The Bertz CT molecular complexity index is 1380. The maximum atomic E-state index is 15.0. The van der Waals surface area contributed by atoms with Crippen molar-refractivity contribution < 1.29 is 32.6 Å². The van der Waals surface area contributed by atoms with Crippen molar-refractivity contribution in [2.24, 2.45) is 5.73 Å². The van der Waals surface area contributed by atoms with Crippen molar-refractivity contribution in [3.63, 3.8) is 0 Å². The molecule has 2 heterocycles. The van der Waals surface area contributed by atoms with E-state index in [-0.39, 0.29) is 28.4 Å². The summed E-state index contributed by atoms with van der Waals surface area (Å²) in [6, 6.07) is 11.2. The van der Waals surface area contributed by atoms with Gasteiger partial charge in [-0.25, -0.2) is 8.78 Å². The fourth-order valence-corrected chi connectivity index (χ4v) is 5.42. The second-order valence-electron chi connectivity index (χ2n) is 7.94. The lowest BCUT2D eigenvalue weighted by molar-refractivity contribution is -0.142. The van der Waals surface area contributed by atoms with E-state index in [9.17, 15) is 19.6 Å². The third-order valence-electron chi connectivity index (χ3n) is 5.86. The number of rotatable bonds is 6. The number of anilines is 1. The summed E-state index contributed by atoms with van der Waals surface area (Å²) < 4.78 is 39.8. The molecule has 0 saturated carbocycles. The second-order valence-corrected chi connectivity index (χ2v) is 9.13. The topological polar surface area (TPSA) is 135 Å². The van der Waals surface area contributed by atoms with Crippen LogP contribution in [0.25, 0.3) is 0 Å². The second kappa shape index (κ2) is 10.3. The molecule has 2 atom stereocenters. The first-order chi connectivity index (χ1) is 17.7. The van der Waals surface area contributed by atoms with Crippen LogP contribution in [-0.2, 0) is 19.1 Å². The molecule has 2 amide bonds. The predicted octanol–water partition coefficient (Wildman–Crippen LogP) is 3.12. The van der Waals surface area contributed by atoms with Crippen molar-refractivity contribution in [3.8, 4) is 11.8 Å². The lowest BCUT2D eigenvalue weighted by Gasteiger charge is -2.32. The van der Waals surface area contributed by atoms with Gasteiger partial charge in [-0.2, -0.15) is 5.26 Å². The number of nitriles is 1. The fourth-order valence-electron chi connectivity index (χ4n) is 4.09. The molecule has 1 saturated heterocycles. The van der Waals surface area contributed by atoms with Gasteiger partial charge in [0.05, 0.1) is 48.8 Å². The van der Waals surface area contributed by atoms with Gasteiger partial charge in [0.25, 0.3) is 5.91 Å². The number of benzene rings is 2. The SMILES string of the molecule is COC(=O)C[C@@H]1SC2=C(C(=O)Nc3ccc(OC)cc3)[C@@H](c3c(F)cccc3F)C(C#N)=C(N)N2C1=O. The predicted molar refractivity (Wildman–Crippen MR) is 129 cm³/mol. The van der Waals surface area contributed by atoms with Crippen LogP contribution >= 0.6 is 11.8 Å². The van der Waals surface area contributed by atoms with E-state index in [0.29, 0.717) is 11.4 Å². The van der Waals surface area contributed by atoms with E-state index in [0.717, 1.165) is 42.0 Å². The molecular formula is C25H20F2N4O5S. The van der Waals surface area contributed by atoms with Crippen molar-refractivity contribution >= 4 is 35.2 Å². The molecular weight excluding hydrogens is 506 g/mol. The summed E-state index contributed by atoms with van der Waals surface area (Å²) in [6.45, 7) is 0. The smallest absolute Gasteiger partial charge is 0.307 e. The molecule has 2 aromatic carbocycles. The number of carbonyl (C=O) groups excluding carboxylic acids is 3. The number of hydrogen-bond acceptors (Lipinski definition) is 8. The molecule has 0 aliphatic carbocycles. The van der Waals surface area contributed by atoms with Crippen LogP contribution in [0.4, 0.5) is 14.5 Å². The van der Waals surface area contributed by atoms with E-state index in [4.69, 9.17) is 10.5 Å². The fraction of sp³-hybridized carbons (Fsp3) is 0.200.